The van der Waals surface area contributed by atoms with Gasteiger partial charge in [-0.3, -0.25) is 10.2 Å². The Morgan fingerprint density at radius 2 is 2.00 bits per heavy atom. The van der Waals surface area contributed by atoms with Crippen LogP contribution in [0.25, 0.3) is 0 Å². The van der Waals surface area contributed by atoms with E-state index in [0.29, 0.717) is 6.61 Å². The lowest BCUT2D eigenvalue weighted by Crippen LogP contribution is -2.37. The molecule has 0 radical (unpaired) electrons. The van der Waals surface area contributed by atoms with Gasteiger partial charge in [-0.25, -0.2) is 4.79 Å². The molecular weight excluding hydrogens is 371 g/mol. The molecule has 0 aliphatic carbocycles. The number of rotatable bonds is 5. The van der Waals surface area contributed by atoms with Gasteiger partial charge in [0.25, 0.3) is 0 Å². The first kappa shape index (κ1) is 15.5. The Bertz CT molecular complexity index is 419. The number of hydrogen-bond acceptors (Lipinski definition) is 4. The molecule has 0 aromatic heterocycles. The van der Waals surface area contributed by atoms with Gasteiger partial charge >= 0.3 is 6.09 Å². The number of ether oxygens (including phenoxy) is 2. The van der Waals surface area contributed by atoms with Crippen molar-refractivity contribution in [2.24, 2.45) is 0 Å². The number of halogens is 1. The number of nitrogens with zero attached hydrogens (tertiary/aromatic N) is 1. The van der Waals surface area contributed by atoms with Crippen molar-refractivity contribution in [3.63, 3.8) is 0 Å². The third-order valence-electron chi connectivity index (χ3n) is 3.05. The van der Waals surface area contributed by atoms with E-state index in [1.165, 1.54) is 0 Å². The lowest BCUT2D eigenvalue weighted by atomic mass is 10.3. The molecule has 1 heterocycles. The largest absolute Gasteiger partial charge is 0.449 e. The summed E-state index contributed by atoms with van der Waals surface area (Å²) < 4.78 is 11.6. The van der Waals surface area contributed by atoms with Gasteiger partial charge in [-0.1, -0.05) is 0 Å². The minimum atomic E-state index is -0.395. The van der Waals surface area contributed by atoms with Crippen LogP contribution in [0.2, 0.25) is 0 Å². The van der Waals surface area contributed by atoms with Crippen LogP contribution in [0.5, 0.6) is 0 Å². The summed E-state index contributed by atoms with van der Waals surface area (Å²) in [6, 6.07) is 7.59. The van der Waals surface area contributed by atoms with Gasteiger partial charge in [-0.15, -0.1) is 0 Å². The first-order valence-corrected chi connectivity index (χ1v) is 7.81. The molecule has 1 fully saturated rings. The monoisotopic (exact) mass is 390 g/mol. The molecule has 1 amide bonds. The molecular formula is C14H19IN2O3. The molecule has 5 nitrogen and oxygen atoms in total. The molecule has 110 valence electrons. The molecule has 1 aliphatic rings. The van der Waals surface area contributed by atoms with Gasteiger partial charge in [0.15, 0.2) is 0 Å². The summed E-state index contributed by atoms with van der Waals surface area (Å²) in [5, 5.41) is 2.71. The van der Waals surface area contributed by atoms with Crippen LogP contribution < -0.4 is 5.32 Å². The van der Waals surface area contributed by atoms with Gasteiger partial charge in [-0.05, 0) is 53.3 Å². The maximum Gasteiger partial charge on any atom is 0.411 e. The predicted octanol–water partition coefficient (Wildman–Crippen LogP) is 2.56. The van der Waals surface area contributed by atoms with Gasteiger partial charge in [0.05, 0.1) is 19.8 Å². The van der Waals surface area contributed by atoms with Crippen molar-refractivity contribution in [2.75, 3.05) is 44.8 Å². The van der Waals surface area contributed by atoms with E-state index in [9.17, 15) is 4.79 Å². The van der Waals surface area contributed by atoms with Crippen molar-refractivity contribution in [2.45, 2.75) is 6.42 Å². The zero-order valence-electron chi connectivity index (χ0n) is 11.3. The lowest BCUT2D eigenvalue weighted by molar-refractivity contribution is 0.0348. The van der Waals surface area contributed by atoms with E-state index in [1.807, 2.05) is 24.3 Å². The van der Waals surface area contributed by atoms with Crippen LogP contribution in [0.15, 0.2) is 24.3 Å². The number of amides is 1. The molecule has 0 saturated carbocycles. The number of hydrogen-bond donors (Lipinski definition) is 1. The molecule has 0 bridgehead atoms. The third-order valence-corrected chi connectivity index (χ3v) is 3.77. The number of anilines is 1. The highest BCUT2D eigenvalue weighted by atomic mass is 127. The van der Waals surface area contributed by atoms with Gasteiger partial charge in [0.1, 0.15) is 0 Å². The first-order valence-electron chi connectivity index (χ1n) is 6.73. The topological polar surface area (TPSA) is 50.8 Å². The van der Waals surface area contributed by atoms with Crippen molar-refractivity contribution >= 4 is 34.4 Å². The Morgan fingerprint density at radius 1 is 1.30 bits per heavy atom. The zero-order chi connectivity index (χ0) is 14.2. The molecule has 1 aromatic carbocycles. The Labute approximate surface area is 132 Å². The van der Waals surface area contributed by atoms with Gasteiger partial charge in [-0.2, -0.15) is 0 Å². The maximum atomic E-state index is 11.6. The number of morpholine rings is 1. The predicted molar refractivity (Wildman–Crippen MR) is 86.0 cm³/mol. The molecule has 0 atom stereocenters. The lowest BCUT2D eigenvalue weighted by Gasteiger charge is -2.26. The standard InChI is InChI=1S/C14H19IN2O3/c15-12-2-4-13(5-3-12)16-14(18)20-9-1-6-17-7-10-19-11-8-17/h2-5H,1,6-11H2,(H,16,18). The Hall–Kier alpha value is -0.860. The molecule has 6 heteroatoms. The molecule has 1 aromatic rings. The van der Waals surface area contributed by atoms with E-state index < -0.39 is 6.09 Å². The van der Waals surface area contributed by atoms with Crippen LogP contribution >= 0.6 is 22.6 Å². The number of carbonyl (C=O) groups excluding carboxylic acids is 1. The van der Waals surface area contributed by atoms with Crippen molar-refractivity contribution < 1.29 is 14.3 Å². The van der Waals surface area contributed by atoms with E-state index in [1.54, 1.807) is 0 Å². The maximum absolute atomic E-state index is 11.6. The fraction of sp³-hybridized carbons (Fsp3) is 0.500. The van der Waals surface area contributed by atoms with Crippen LogP contribution in [0, 0.1) is 3.57 Å². The fourth-order valence-electron chi connectivity index (χ4n) is 1.96. The Balaban J connectivity index is 1.59. The van der Waals surface area contributed by atoms with Gasteiger partial charge in [0.2, 0.25) is 0 Å². The van der Waals surface area contributed by atoms with Crippen molar-refractivity contribution in [1.82, 2.24) is 4.90 Å². The summed E-state index contributed by atoms with van der Waals surface area (Å²) in [4.78, 5) is 13.9. The third kappa shape index (κ3) is 5.64. The summed E-state index contributed by atoms with van der Waals surface area (Å²) in [6.45, 7) is 4.92. The quantitative estimate of drug-likeness (QED) is 0.621. The minimum absolute atomic E-state index is 0.395. The van der Waals surface area contributed by atoms with E-state index in [-0.39, 0.29) is 0 Å². The molecule has 1 N–H and O–H groups in total. The Morgan fingerprint density at radius 3 is 2.70 bits per heavy atom. The van der Waals surface area contributed by atoms with E-state index in [0.717, 1.165) is 48.5 Å². The molecule has 0 spiro atoms. The molecule has 20 heavy (non-hydrogen) atoms. The molecule has 1 aliphatic heterocycles. The van der Waals surface area contributed by atoms with Crippen molar-refractivity contribution in [3.05, 3.63) is 27.8 Å². The number of carbonyl (C=O) groups is 1. The summed E-state index contributed by atoms with van der Waals surface area (Å²) in [5.74, 6) is 0. The summed E-state index contributed by atoms with van der Waals surface area (Å²) in [7, 11) is 0. The van der Waals surface area contributed by atoms with E-state index in [4.69, 9.17) is 9.47 Å². The second kappa shape index (κ2) is 8.43. The van der Waals surface area contributed by atoms with Gasteiger partial charge < -0.3 is 9.47 Å². The van der Waals surface area contributed by atoms with Crippen molar-refractivity contribution in [1.29, 1.82) is 0 Å². The molecule has 0 unspecified atom stereocenters. The van der Waals surface area contributed by atoms with Crippen LogP contribution in [0.4, 0.5) is 10.5 Å². The SMILES string of the molecule is O=C(Nc1ccc(I)cc1)OCCCN1CCOCC1. The minimum Gasteiger partial charge on any atom is -0.449 e. The molecule has 2 rings (SSSR count). The number of benzene rings is 1. The zero-order valence-corrected chi connectivity index (χ0v) is 13.5. The highest BCUT2D eigenvalue weighted by Crippen LogP contribution is 2.11. The van der Waals surface area contributed by atoms with Crippen LogP contribution in [0.3, 0.4) is 0 Å². The second-order valence-electron chi connectivity index (χ2n) is 4.58. The van der Waals surface area contributed by atoms with Crippen LogP contribution in [0.1, 0.15) is 6.42 Å². The fourth-order valence-corrected chi connectivity index (χ4v) is 2.32. The smallest absolute Gasteiger partial charge is 0.411 e. The summed E-state index contributed by atoms with van der Waals surface area (Å²) in [5.41, 5.74) is 0.753. The van der Waals surface area contributed by atoms with E-state index >= 15 is 0 Å². The second-order valence-corrected chi connectivity index (χ2v) is 5.82. The average Bonchev–Trinajstić information content (AvgIpc) is 2.47. The highest BCUT2D eigenvalue weighted by molar-refractivity contribution is 14.1. The van der Waals surface area contributed by atoms with E-state index in [2.05, 4.69) is 32.8 Å². The number of nitrogens with one attached hydrogen (secondary N) is 1. The first-order chi connectivity index (χ1) is 9.74. The highest BCUT2D eigenvalue weighted by Gasteiger charge is 2.10. The van der Waals surface area contributed by atoms with Crippen molar-refractivity contribution in [3.8, 4) is 0 Å². The Kier molecular flexibility index (Phi) is 6.55. The normalized spacial score (nSPS) is 15.8. The van der Waals surface area contributed by atoms with Crippen LogP contribution in [-0.2, 0) is 9.47 Å². The summed E-state index contributed by atoms with van der Waals surface area (Å²) >= 11 is 2.22. The van der Waals surface area contributed by atoms with Gasteiger partial charge in [0, 0.05) is 28.9 Å². The summed E-state index contributed by atoms with van der Waals surface area (Å²) in [6.07, 6.45) is 0.452. The van der Waals surface area contributed by atoms with Crippen LogP contribution in [-0.4, -0.2) is 50.4 Å². The molecule has 1 saturated heterocycles. The average molecular weight is 390 g/mol.